The molecule has 1 aliphatic carbocycles. The minimum Gasteiger partial charge on any atom is -0.348 e. The average molecular weight is 302 g/mol. The van der Waals surface area contributed by atoms with Gasteiger partial charge in [-0.05, 0) is 30.9 Å². The summed E-state index contributed by atoms with van der Waals surface area (Å²) in [6, 6.07) is 3.24. The van der Waals surface area contributed by atoms with Crippen LogP contribution in [0.25, 0.3) is 11.0 Å². The molecular weight excluding hydrogens is 284 g/mol. The molecule has 0 aliphatic heterocycles. The lowest BCUT2D eigenvalue weighted by molar-refractivity contribution is 0.0879. The van der Waals surface area contributed by atoms with E-state index in [0.29, 0.717) is 11.3 Å². The third kappa shape index (κ3) is 2.13. The Morgan fingerprint density at radius 2 is 1.95 bits per heavy atom. The molecule has 2 atom stereocenters. The first-order valence-electron chi connectivity index (χ1n) is 7.27. The Morgan fingerprint density at radius 3 is 2.55 bits per heavy atom. The highest BCUT2D eigenvalue weighted by atomic mass is 16.2. The molecule has 0 aromatic carbocycles. The van der Waals surface area contributed by atoms with E-state index in [1.54, 1.807) is 6.07 Å². The summed E-state index contributed by atoms with van der Waals surface area (Å²) in [5, 5.41) is 3.25. The van der Waals surface area contributed by atoms with Gasteiger partial charge < -0.3 is 5.32 Å². The van der Waals surface area contributed by atoms with Gasteiger partial charge in [0.15, 0.2) is 0 Å². The van der Waals surface area contributed by atoms with Crippen LogP contribution >= 0.6 is 0 Å². The lowest BCUT2D eigenvalue weighted by Gasteiger charge is -2.34. The molecule has 1 N–H and O–H groups in total. The van der Waals surface area contributed by atoms with Gasteiger partial charge >= 0.3 is 5.69 Å². The van der Waals surface area contributed by atoms with Crippen LogP contribution in [-0.4, -0.2) is 26.1 Å². The number of aryl methyl sites for hydroxylation is 1. The maximum atomic E-state index is 12.2. The second-order valence-corrected chi connectivity index (χ2v) is 5.91. The van der Waals surface area contributed by atoms with Crippen LogP contribution in [-0.2, 0) is 14.1 Å². The van der Waals surface area contributed by atoms with Crippen LogP contribution in [0, 0.1) is 5.92 Å². The van der Waals surface area contributed by atoms with Gasteiger partial charge in [-0.2, -0.15) is 0 Å². The number of pyridine rings is 1. The first-order valence-corrected chi connectivity index (χ1v) is 7.27. The number of nitrogens with one attached hydrogen (secondary N) is 1. The Balaban J connectivity index is 2.04. The van der Waals surface area contributed by atoms with E-state index in [1.165, 1.54) is 24.7 Å². The van der Waals surface area contributed by atoms with Gasteiger partial charge in [0, 0.05) is 20.1 Å². The number of aromatic nitrogens is 3. The van der Waals surface area contributed by atoms with Crippen LogP contribution in [0.2, 0.25) is 0 Å². The smallest absolute Gasteiger partial charge is 0.332 e. The Labute approximate surface area is 126 Å². The largest absolute Gasteiger partial charge is 0.348 e. The molecule has 1 fully saturated rings. The second kappa shape index (κ2) is 5.08. The highest BCUT2D eigenvalue weighted by Crippen LogP contribution is 2.26. The van der Waals surface area contributed by atoms with Gasteiger partial charge in [0.1, 0.15) is 11.3 Å². The molecule has 7 nitrogen and oxygen atoms in total. The van der Waals surface area contributed by atoms with Crippen LogP contribution in [0.5, 0.6) is 0 Å². The molecule has 1 amide bonds. The molecule has 1 aliphatic rings. The lowest BCUT2D eigenvalue weighted by atomic mass is 9.81. The lowest BCUT2D eigenvalue weighted by Crippen LogP contribution is -2.45. The van der Waals surface area contributed by atoms with Gasteiger partial charge in [-0.15, -0.1) is 0 Å². The van der Waals surface area contributed by atoms with Gasteiger partial charge in [0.25, 0.3) is 11.5 Å². The minimum absolute atomic E-state index is 0.178. The van der Waals surface area contributed by atoms with E-state index in [2.05, 4.69) is 17.2 Å². The standard InChI is InChI=1S/C15H18N4O3/c1-8-4-6-10(8)17-13(20)11-7-5-9-12(16-11)18(2)15(22)19(3)14(9)21/h5,7-8,10H,4,6H2,1-3H3,(H,17,20). The molecular formula is C15H18N4O3. The van der Waals surface area contributed by atoms with E-state index in [4.69, 9.17) is 0 Å². The summed E-state index contributed by atoms with van der Waals surface area (Å²) in [6.45, 7) is 2.09. The zero-order valence-electron chi connectivity index (χ0n) is 12.8. The molecule has 0 spiro atoms. The van der Waals surface area contributed by atoms with E-state index < -0.39 is 11.2 Å². The van der Waals surface area contributed by atoms with E-state index in [0.717, 1.165) is 17.4 Å². The number of nitrogens with zero attached hydrogens (tertiary/aromatic N) is 3. The number of fused-ring (bicyclic) bond motifs is 1. The van der Waals surface area contributed by atoms with Gasteiger partial charge in [0.2, 0.25) is 0 Å². The van der Waals surface area contributed by atoms with Crippen molar-refractivity contribution < 1.29 is 4.79 Å². The summed E-state index contributed by atoms with van der Waals surface area (Å²) in [7, 11) is 2.95. The van der Waals surface area contributed by atoms with Crippen molar-refractivity contribution in [1.29, 1.82) is 0 Å². The van der Waals surface area contributed by atoms with Crippen LogP contribution in [0.3, 0.4) is 0 Å². The summed E-state index contributed by atoms with van der Waals surface area (Å²) in [6.07, 6.45) is 2.08. The van der Waals surface area contributed by atoms with Gasteiger partial charge in [-0.3, -0.25) is 18.7 Å². The summed E-state index contributed by atoms with van der Waals surface area (Å²) >= 11 is 0. The van der Waals surface area contributed by atoms with Crippen molar-refractivity contribution in [2.75, 3.05) is 0 Å². The molecule has 2 unspecified atom stereocenters. The third-order valence-electron chi connectivity index (χ3n) is 4.47. The van der Waals surface area contributed by atoms with Crippen molar-refractivity contribution in [3.63, 3.8) is 0 Å². The average Bonchev–Trinajstić information content (AvgIpc) is 2.53. The van der Waals surface area contributed by atoms with Crippen LogP contribution in [0.4, 0.5) is 0 Å². The maximum absolute atomic E-state index is 12.2. The Hall–Kier alpha value is -2.44. The van der Waals surface area contributed by atoms with Crippen molar-refractivity contribution in [1.82, 2.24) is 19.4 Å². The predicted octanol–water partition coefficient (Wildman–Crippen LogP) is 0.160. The van der Waals surface area contributed by atoms with E-state index in [9.17, 15) is 14.4 Å². The summed E-state index contributed by atoms with van der Waals surface area (Å²) < 4.78 is 2.30. The van der Waals surface area contributed by atoms with E-state index >= 15 is 0 Å². The number of amides is 1. The van der Waals surface area contributed by atoms with Crippen molar-refractivity contribution in [3.8, 4) is 0 Å². The zero-order valence-corrected chi connectivity index (χ0v) is 12.8. The molecule has 2 aromatic heterocycles. The molecule has 0 bridgehead atoms. The van der Waals surface area contributed by atoms with E-state index in [1.807, 2.05) is 0 Å². The van der Waals surface area contributed by atoms with Crippen molar-refractivity contribution in [3.05, 3.63) is 38.7 Å². The van der Waals surface area contributed by atoms with Crippen molar-refractivity contribution in [2.24, 2.45) is 20.0 Å². The first-order chi connectivity index (χ1) is 10.4. The van der Waals surface area contributed by atoms with Crippen LogP contribution < -0.4 is 16.6 Å². The Bertz CT molecular complexity index is 881. The fourth-order valence-electron chi connectivity index (χ4n) is 2.70. The second-order valence-electron chi connectivity index (χ2n) is 5.91. The minimum atomic E-state index is -0.463. The van der Waals surface area contributed by atoms with Crippen molar-refractivity contribution >= 4 is 16.9 Å². The number of hydrogen-bond acceptors (Lipinski definition) is 4. The number of rotatable bonds is 2. The number of carbonyl (C=O) groups is 1. The molecule has 0 radical (unpaired) electrons. The fraction of sp³-hybridized carbons (Fsp3) is 0.467. The topological polar surface area (TPSA) is 86.0 Å². The fourth-order valence-corrected chi connectivity index (χ4v) is 2.70. The Morgan fingerprint density at radius 1 is 1.23 bits per heavy atom. The molecule has 116 valence electrons. The highest BCUT2D eigenvalue weighted by Gasteiger charge is 2.28. The summed E-state index contributed by atoms with van der Waals surface area (Å²) in [4.78, 5) is 40.5. The molecule has 22 heavy (non-hydrogen) atoms. The molecule has 2 aromatic rings. The Kier molecular flexibility index (Phi) is 3.35. The zero-order chi connectivity index (χ0) is 16.0. The molecule has 3 rings (SSSR count). The summed E-state index contributed by atoms with van der Waals surface area (Å²) in [5.74, 6) is 0.202. The third-order valence-corrected chi connectivity index (χ3v) is 4.47. The SMILES string of the molecule is CC1CCC1NC(=O)c1ccc2c(=O)n(C)c(=O)n(C)c2n1. The van der Waals surface area contributed by atoms with Crippen LogP contribution in [0.15, 0.2) is 21.7 Å². The first kappa shape index (κ1) is 14.5. The monoisotopic (exact) mass is 302 g/mol. The molecule has 1 saturated carbocycles. The van der Waals surface area contributed by atoms with Crippen LogP contribution in [0.1, 0.15) is 30.3 Å². The normalized spacial score (nSPS) is 20.7. The molecule has 0 saturated heterocycles. The molecule has 2 heterocycles. The number of carbonyl (C=O) groups excluding carboxylic acids is 1. The van der Waals surface area contributed by atoms with Gasteiger partial charge in [-0.1, -0.05) is 6.92 Å². The predicted molar refractivity (Wildman–Crippen MR) is 81.9 cm³/mol. The highest BCUT2D eigenvalue weighted by molar-refractivity contribution is 5.94. The quantitative estimate of drug-likeness (QED) is 0.856. The van der Waals surface area contributed by atoms with Gasteiger partial charge in [0.05, 0.1) is 5.39 Å². The van der Waals surface area contributed by atoms with Crippen molar-refractivity contribution in [2.45, 2.75) is 25.8 Å². The molecule has 7 heteroatoms. The maximum Gasteiger partial charge on any atom is 0.332 e. The van der Waals surface area contributed by atoms with Gasteiger partial charge in [-0.25, -0.2) is 9.78 Å². The number of hydrogen-bond donors (Lipinski definition) is 1. The van der Waals surface area contributed by atoms with E-state index in [-0.39, 0.29) is 23.3 Å². The summed E-state index contributed by atoms with van der Waals surface area (Å²) in [5.41, 5.74) is -0.433.